The number of hydrogen-bond donors (Lipinski definition) is 1. The molecule has 2 aromatic rings. The van der Waals surface area contributed by atoms with Gasteiger partial charge in [0.1, 0.15) is 0 Å². The van der Waals surface area contributed by atoms with Crippen molar-refractivity contribution in [2.24, 2.45) is 17.8 Å². The van der Waals surface area contributed by atoms with E-state index in [0.717, 1.165) is 17.5 Å². The molecule has 1 amide bonds. The van der Waals surface area contributed by atoms with Crippen LogP contribution >= 0.6 is 23.4 Å². The highest BCUT2D eigenvalue weighted by molar-refractivity contribution is 8.00. The highest BCUT2D eigenvalue weighted by atomic mass is 35.5. The summed E-state index contributed by atoms with van der Waals surface area (Å²) in [4.78, 5) is 12.7. The normalized spacial score (nSPS) is 26.1. The fourth-order valence-corrected chi connectivity index (χ4v) is 5.51. The molecule has 0 saturated heterocycles. The van der Waals surface area contributed by atoms with Crippen molar-refractivity contribution in [1.82, 2.24) is 25.5 Å². The molecule has 0 unspecified atom stereocenters. The third-order valence-corrected chi connectivity index (χ3v) is 7.25. The Morgan fingerprint density at radius 1 is 1.26 bits per heavy atom. The lowest BCUT2D eigenvalue weighted by Crippen LogP contribution is -2.43. The van der Waals surface area contributed by atoms with E-state index in [0.29, 0.717) is 16.1 Å². The number of nitrogens with one attached hydrogen (secondary N) is 1. The summed E-state index contributed by atoms with van der Waals surface area (Å²) in [6.07, 6.45) is 5.32. The smallest absolute Gasteiger partial charge is 0.233 e. The molecule has 8 heteroatoms. The van der Waals surface area contributed by atoms with Crippen LogP contribution in [0.5, 0.6) is 0 Å². The number of fused-ring (bicyclic) bond motifs is 2. The highest BCUT2D eigenvalue weighted by Crippen LogP contribution is 2.49. The molecule has 1 aromatic heterocycles. The van der Waals surface area contributed by atoms with Crippen LogP contribution in [0.3, 0.4) is 0 Å². The molecular weight excluding hydrogens is 382 g/mol. The van der Waals surface area contributed by atoms with Gasteiger partial charge in [-0.15, -0.1) is 5.10 Å². The lowest BCUT2D eigenvalue weighted by atomic mass is 9.84. The SMILES string of the molecule is C[C@H](Sc1nnnn1-c1ccc(Cl)cc1)C(=O)N[C@H](C)[C@@H]1C[C@H]2CC[C@H]1C2. The summed E-state index contributed by atoms with van der Waals surface area (Å²) in [6.45, 7) is 4.05. The standard InChI is InChI=1S/C19H24ClN5OS/c1-11(17-10-13-3-4-14(17)9-13)21-18(26)12(2)27-19-22-23-24-25(19)16-7-5-15(20)6-8-16/h5-8,11-14,17H,3-4,9-10H2,1-2H3,(H,21,26)/t11-,12+,13+,14+,17+/m1/s1. The Hall–Kier alpha value is -1.60. The van der Waals surface area contributed by atoms with Crippen LogP contribution in [-0.4, -0.2) is 37.4 Å². The first-order chi connectivity index (χ1) is 13.0. The fourth-order valence-electron chi connectivity index (χ4n) is 4.56. The van der Waals surface area contributed by atoms with Crippen molar-refractivity contribution < 1.29 is 4.79 Å². The predicted octanol–water partition coefficient (Wildman–Crippen LogP) is 3.74. The maximum Gasteiger partial charge on any atom is 0.233 e. The summed E-state index contributed by atoms with van der Waals surface area (Å²) in [5, 5.41) is 16.1. The molecule has 6 nitrogen and oxygen atoms in total. The van der Waals surface area contributed by atoms with E-state index in [1.54, 1.807) is 16.8 Å². The number of halogens is 1. The minimum absolute atomic E-state index is 0.0425. The molecule has 1 aromatic carbocycles. The van der Waals surface area contributed by atoms with Gasteiger partial charge in [0.15, 0.2) is 0 Å². The van der Waals surface area contributed by atoms with E-state index in [1.165, 1.54) is 37.4 Å². The third kappa shape index (κ3) is 3.99. The number of amides is 1. The number of nitrogens with zero attached hydrogens (tertiary/aromatic N) is 4. The first kappa shape index (κ1) is 18.7. The summed E-state index contributed by atoms with van der Waals surface area (Å²) < 4.78 is 1.63. The van der Waals surface area contributed by atoms with E-state index in [-0.39, 0.29) is 17.2 Å². The highest BCUT2D eigenvalue weighted by Gasteiger charge is 2.42. The van der Waals surface area contributed by atoms with Gasteiger partial charge < -0.3 is 5.32 Å². The van der Waals surface area contributed by atoms with Gasteiger partial charge in [-0.3, -0.25) is 4.79 Å². The van der Waals surface area contributed by atoms with Gasteiger partial charge in [0.2, 0.25) is 11.1 Å². The second-order valence-corrected chi connectivity index (χ2v) is 9.49. The van der Waals surface area contributed by atoms with Crippen molar-refractivity contribution in [3.8, 4) is 5.69 Å². The number of benzene rings is 1. The molecule has 5 atom stereocenters. The molecule has 1 N–H and O–H groups in total. The summed E-state index contributed by atoms with van der Waals surface area (Å²) in [7, 11) is 0. The van der Waals surface area contributed by atoms with Crippen LogP contribution in [0.4, 0.5) is 0 Å². The second-order valence-electron chi connectivity index (χ2n) is 7.75. The zero-order chi connectivity index (χ0) is 19.0. The lowest BCUT2D eigenvalue weighted by molar-refractivity contribution is -0.121. The Morgan fingerprint density at radius 2 is 2.04 bits per heavy atom. The molecule has 2 aliphatic rings. The quantitative estimate of drug-likeness (QED) is 0.741. The molecule has 2 bridgehead atoms. The largest absolute Gasteiger partial charge is 0.352 e. The molecule has 1 heterocycles. The third-order valence-electron chi connectivity index (χ3n) is 5.97. The molecule has 0 spiro atoms. The van der Waals surface area contributed by atoms with Gasteiger partial charge in [-0.25, -0.2) is 0 Å². The topological polar surface area (TPSA) is 72.7 Å². The molecule has 2 saturated carbocycles. The van der Waals surface area contributed by atoms with Gasteiger partial charge in [0.25, 0.3) is 0 Å². The maximum atomic E-state index is 12.7. The van der Waals surface area contributed by atoms with Crippen molar-refractivity contribution in [2.45, 2.75) is 56.0 Å². The lowest BCUT2D eigenvalue weighted by Gasteiger charge is -2.29. The van der Waals surface area contributed by atoms with Crippen molar-refractivity contribution in [3.05, 3.63) is 29.3 Å². The van der Waals surface area contributed by atoms with E-state index in [2.05, 4.69) is 27.8 Å². The van der Waals surface area contributed by atoms with Gasteiger partial charge in [-0.1, -0.05) is 29.8 Å². The Balaban J connectivity index is 1.38. The minimum atomic E-state index is -0.275. The summed E-state index contributed by atoms with van der Waals surface area (Å²) >= 11 is 7.31. The second kappa shape index (κ2) is 7.80. The zero-order valence-electron chi connectivity index (χ0n) is 15.5. The molecule has 0 radical (unpaired) electrons. The van der Waals surface area contributed by atoms with Crippen LogP contribution in [-0.2, 0) is 4.79 Å². The Bertz CT molecular complexity index is 811. The minimum Gasteiger partial charge on any atom is -0.352 e. The van der Waals surface area contributed by atoms with Crippen LogP contribution in [0.15, 0.2) is 29.4 Å². The number of aromatic nitrogens is 4. The molecule has 2 aliphatic carbocycles. The van der Waals surface area contributed by atoms with Crippen LogP contribution in [0.2, 0.25) is 5.02 Å². The Morgan fingerprint density at radius 3 is 2.70 bits per heavy atom. The van der Waals surface area contributed by atoms with Crippen LogP contribution in [0, 0.1) is 17.8 Å². The van der Waals surface area contributed by atoms with Crippen LogP contribution in [0.25, 0.3) is 5.69 Å². The van der Waals surface area contributed by atoms with E-state index in [4.69, 9.17) is 11.6 Å². The average molecular weight is 406 g/mol. The molecule has 4 rings (SSSR count). The van der Waals surface area contributed by atoms with Gasteiger partial charge >= 0.3 is 0 Å². The number of carbonyl (C=O) groups is 1. The van der Waals surface area contributed by atoms with E-state index < -0.39 is 0 Å². The van der Waals surface area contributed by atoms with Crippen molar-refractivity contribution >= 4 is 29.3 Å². The predicted molar refractivity (Wildman–Crippen MR) is 106 cm³/mol. The van der Waals surface area contributed by atoms with Gasteiger partial charge in [-0.2, -0.15) is 4.68 Å². The summed E-state index contributed by atoms with van der Waals surface area (Å²) in [5.41, 5.74) is 0.815. The number of hydrogen-bond acceptors (Lipinski definition) is 5. The van der Waals surface area contributed by atoms with Crippen LogP contribution < -0.4 is 5.32 Å². The van der Waals surface area contributed by atoms with Gasteiger partial charge in [-0.05, 0) is 85.6 Å². The van der Waals surface area contributed by atoms with Crippen LogP contribution in [0.1, 0.15) is 39.5 Å². The Kier molecular flexibility index (Phi) is 5.41. The molecular formula is C19H24ClN5OS. The van der Waals surface area contributed by atoms with Gasteiger partial charge in [0, 0.05) is 11.1 Å². The fraction of sp³-hybridized carbons (Fsp3) is 0.579. The monoisotopic (exact) mass is 405 g/mol. The Labute approximate surface area is 168 Å². The molecule has 144 valence electrons. The zero-order valence-corrected chi connectivity index (χ0v) is 17.1. The van der Waals surface area contributed by atoms with Crippen molar-refractivity contribution in [1.29, 1.82) is 0 Å². The summed E-state index contributed by atoms with van der Waals surface area (Å²) in [5.74, 6) is 2.35. The molecule has 2 fully saturated rings. The summed E-state index contributed by atoms with van der Waals surface area (Å²) in [6, 6.07) is 7.51. The first-order valence-electron chi connectivity index (χ1n) is 9.52. The molecule has 0 aliphatic heterocycles. The van der Waals surface area contributed by atoms with Crippen molar-refractivity contribution in [2.75, 3.05) is 0 Å². The average Bonchev–Trinajstić information content (AvgIpc) is 3.39. The molecule has 27 heavy (non-hydrogen) atoms. The first-order valence-corrected chi connectivity index (χ1v) is 10.8. The van der Waals surface area contributed by atoms with E-state index in [9.17, 15) is 4.79 Å². The number of tetrazole rings is 1. The number of carbonyl (C=O) groups excluding carboxylic acids is 1. The van der Waals surface area contributed by atoms with E-state index >= 15 is 0 Å². The van der Waals surface area contributed by atoms with Crippen molar-refractivity contribution in [3.63, 3.8) is 0 Å². The number of thioether (sulfide) groups is 1. The number of rotatable bonds is 6. The maximum absolute atomic E-state index is 12.7. The van der Waals surface area contributed by atoms with E-state index in [1.807, 2.05) is 19.1 Å². The van der Waals surface area contributed by atoms with Gasteiger partial charge in [0.05, 0.1) is 10.9 Å².